The van der Waals surface area contributed by atoms with Crippen molar-refractivity contribution >= 4 is 49.8 Å². The van der Waals surface area contributed by atoms with Crippen LogP contribution in [0.1, 0.15) is 22.4 Å². The van der Waals surface area contributed by atoms with E-state index in [1.165, 1.54) is 30.2 Å². The summed E-state index contributed by atoms with van der Waals surface area (Å²) in [6.07, 6.45) is 1.17. The van der Waals surface area contributed by atoms with Gasteiger partial charge >= 0.3 is 0 Å². The van der Waals surface area contributed by atoms with Crippen molar-refractivity contribution in [1.29, 1.82) is 0 Å². The molecule has 0 saturated heterocycles. The maximum Gasteiger partial charge on any atom is 0.175 e. The topological polar surface area (TPSA) is 55.7 Å². The van der Waals surface area contributed by atoms with Crippen LogP contribution in [0.5, 0.6) is 5.75 Å². The molecule has 4 rings (SSSR count). The maximum absolute atomic E-state index is 13.5. The number of ether oxygens (including phenoxy) is 1. The normalized spacial score (nSPS) is 18.4. The summed E-state index contributed by atoms with van der Waals surface area (Å²) < 4.78 is 42.9. The molecule has 4 nitrogen and oxygen atoms in total. The van der Waals surface area contributed by atoms with E-state index in [1.807, 2.05) is 0 Å². The van der Waals surface area contributed by atoms with Gasteiger partial charge in [-0.2, -0.15) is 0 Å². The molecule has 0 aromatic heterocycles. The van der Waals surface area contributed by atoms with E-state index in [1.54, 1.807) is 54.6 Å². The molecule has 0 N–H and O–H groups in total. The third-order valence-electron chi connectivity index (χ3n) is 4.88. The van der Waals surface area contributed by atoms with Crippen LogP contribution in [0.2, 0.25) is 10.0 Å². The minimum Gasteiger partial charge on any atom is -0.487 e. The Kier molecular flexibility index (Phi) is 6.81. The summed E-state index contributed by atoms with van der Waals surface area (Å²) in [5, 5.41) is 1.59. The summed E-state index contributed by atoms with van der Waals surface area (Å²) in [5.41, 5.74) is 1.78. The zero-order valence-electron chi connectivity index (χ0n) is 16.8. The molecule has 9 heteroatoms. The number of benzene rings is 3. The van der Waals surface area contributed by atoms with Crippen molar-refractivity contribution in [2.24, 2.45) is 4.99 Å². The number of hydrogen-bond donors (Lipinski definition) is 0. The van der Waals surface area contributed by atoms with Gasteiger partial charge in [-0.3, -0.25) is 4.99 Å². The van der Waals surface area contributed by atoms with Gasteiger partial charge in [-0.25, -0.2) is 12.8 Å². The minimum atomic E-state index is -3.29. The van der Waals surface area contributed by atoms with Crippen LogP contribution in [-0.4, -0.2) is 26.3 Å². The van der Waals surface area contributed by atoms with Crippen LogP contribution in [0.15, 0.2) is 76.6 Å². The molecule has 2 unspecified atom stereocenters. The molecular weight excluding hydrogens is 492 g/mol. The van der Waals surface area contributed by atoms with E-state index >= 15 is 0 Å². The van der Waals surface area contributed by atoms with Crippen molar-refractivity contribution in [3.8, 4) is 5.75 Å². The van der Waals surface area contributed by atoms with Crippen LogP contribution >= 0.6 is 35.0 Å². The van der Waals surface area contributed by atoms with Gasteiger partial charge in [0, 0.05) is 16.3 Å². The van der Waals surface area contributed by atoms with Gasteiger partial charge in [-0.1, -0.05) is 59.2 Å². The largest absolute Gasteiger partial charge is 0.487 e. The highest BCUT2D eigenvalue weighted by Crippen LogP contribution is 2.48. The first kappa shape index (κ1) is 23.1. The summed E-state index contributed by atoms with van der Waals surface area (Å²) in [4.78, 5) is 5.08. The SMILES string of the molecule is CS(=O)(=O)c1ccc(C2SC(COc3cc(Cl)cc(Cl)c3)=NC2c2ccc(F)cc2)cc1. The summed E-state index contributed by atoms with van der Waals surface area (Å²) in [6, 6.07) is 17.7. The molecule has 0 saturated carbocycles. The molecule has 0 aliphatic carbocycles. The fraction of sp³-hybridized carbons (Fsp3) is 0.174. The van der Waals surface area contributed by atoms with Gasteiger partial charge in [0.1, 0.15) is 23.2 Å². The van der Waals surface area contributed by atoms with Gasteiger partial charge in [0.15, 0.2) is 9.84 Å². The maximum atomic E-state index is 13.5. The highest BCUT2D eigenvalue weighted by molar-refractivity contribution is 8.14. The predicted molar refractivity (Wildman–Crippen MR) is 128 cm³/mol. The Labute approximate surface area is 200 Å². The second-order valence-corrected chi connectivity index (χ2v) is 11.4. The monoisotopic (exact) mass is 509 g/mol. The summed E-state index contributed by atoms with van der Waals surface area (Å²) in [6.45, 7) is 0.219. The molecule has 32 heavy (non-hydrogen) atoms. The molecule has 1 heterocycles. The summed E-state index contributed by atoms with van der Waals surface area (Å²) >= 11 is 13.6. The van der Waals surface area contributed by atoms with E-state index in [0.717, 1.165) is 16.2 Å². The van der Waals surface area contributed by atoms with E-state index in [4.69, 9.17) is 32.9 Å². The summed E-state index contributed by atoms with van der Waals surface area (Å²) in [7, 11) is -3.29. The van der Waals surface area contributed by atoms with Crippen LogP contribution in [0.4, 0.5) is 4.39 Å². The first-order chi connectivity index (χ1) is 15.2. The van der Waals surface area contributed by atoms with Gasteiger partial charge in [0.2, 0.25) is 0 Å². The molecule has 3 aromatic carbocycles. The quantitative estimate of drug-likeness (QED) is 0.378. The average molecular weight is 510 g/mol. The molecule has 0 fully saturated rings. The molecule has 166 valence electrons. The van der Waals surface area contributed by atoms with Crippen molar-refractivity contribution in [3.63, 3.8) is 0 Å². The lowest BCUT2D eigenvalue weighted by molar-refractivity contribution is 0.379. The van der Waals surface area contributed by atoms with E-state index < -0.39 is 9.84 Å². The van der Waals surface area contributed by atoms with Crippen LogP contribution in [0, 0.1) is 5.82 Å². The number of rotatable bonds is 6. The van der Waals surface area contributed by atoms with Crippen molar-refractivity contribution in [1.82, 2.24) is 0 Å². The second kappa shape index (κ2) is 9.43. The van der Waals surface area contributed by atoms with Gasteiger partial charge < -0.3 is 4.74 Å². The van der Waals surface area contributed by atoms with E-state index in [0.29, 0.717) is 15.8 Å². The third kappa shape index (κ3) is 5.46. The number of aliphatic imine (C=N–C) groups is 1. The van der Waals surface area contributed by atoms with Crippen LogP contribution in [0.25, 0.3) is 0 Å². The molecule has 2 atom stereocenters. The van der Waals surface area contributed by atoms with Gasteiger partial charge in [0.25, 0.3) is 0 Å². The van der Waals surface area contributed by atoms with E-state index in [2.05, 4.69) is 0 Å². The Balaban J connectivity index is 1.60. The number of nitrogens with zero attached hydrogens (tertiary/aromatic N) is 1. The molecule has 1 aliphatic heterocycles. The minimum absolute atomic E-state index is 0.115. The molecule has 0 spiro atoms. The van der Waals surface area contributed by atoms with Crippen LogP contribution in [-0.2, 0) is 9.84 Å². The predicted octanol–water partition coefficient (Wildman–Crippen LogP) is 6.54. The zero-order valence-corrected chi connectivity index (χ0v) is 20.0. The average Bonchev–Trinajstić information content (AvgIpc) is 3.16. The van der Waals surface area contributed by atoms with E-state index in [-0.39, 0.29) is 28.6 Å². The Morgan fingerprint density at radius 2 is 1.56 bits per heavy atom. The van der Waals surface area contributed by atoms with E-state index in [9.17, 15) is 12.8 Å². The molecule has 0 radical (unpaired) electrons. The second-order valence-electron chi connectivity index (χ2n) is 7.29. The van der Waals surface area contributed by atoms with Crippen LogP contribution in [0.3, 0.4) is 0 Å². The lowest BCUT2D eigenvalue weighted by atomic mass is 9.99. The van der Waals surface area contributed by atoms with Gasteiger partial charge in [0.05, 0.1) is 16.2 Å². The smallest absolute Gasteiger partial charge is 0.175 e. The van der Waals surface area contributed by atoms with Crippen molar-refractivity contribution in [3.05, 3.63) is 93.7 Å². The molecule has 0 amide bonds. The fourth-order valence-corrected chi connectivity index (χ4v) is 5.73. The summed E-state index contributed by atoms with van der Waals surface area (Å²) in [5.74, 6) is 0.212. The van der Waals surface area contributed by atoms with Gasteiger partial charge in [-0.15, -0.1) is 0 Å². The standard InChI is InChI=1S/C23H18Cl2FNO3S2/c1-32(28,29)20-8-4-15(5-9-20)23-22(14-2-6-18(26)7-3-14)27-21(31-23)13-30-19-11-16(24)10-17(25)12-19/h2-12,22-23H,13H2,1H3. The van der Waals surface area contributed by atoms with Gasteiger partial charge in [-0.05, 0) is 53.6 Å². The van der Waals surface area contributed by atoms with Crippen LogP contribution < -0.4 is 4.74 Å². The highest BCUT2D eigenvalue weighted by atomic mass is 35.5. The number of halogens is 3. The number of thioether (sulfide) groups is 1. The first-order valence-electron chi connectivity index (χ1n) is 9.57. The third-order valence-corrected chi connectivity index (χ3v) is 7.72. The lowest BCUT2D eigenvalue weighted by Gasteiger charge is -2.18. The molecule has 3 aromatic rings. The Hall–Kier alpha value is -2.06. The van der Waals surface area contributed by atoms with Crippen molar-refractivity contribution in [2.45, 2.75) is 16.2 Å². The van der Waals surface area contributed by atoms with Crippen molar-refractivity contribution in [2.75, 3.05) is 12.9 Å². The Bertz CT molecular complexity index is 1240. The Morgan fingerprint density at radius 3 is 2.16 bits per heavy atom. The number of hydrogen-bond acceptors (Lipinski definition) is 5. The fourth-order valence-electron chi connectivity index (χ4n) is 3.36. The zero-order chi connectivity index (χ0) is 22.9. The lowest BCUT2D eigenvalue weighted by Crippen LogP contribution is -2.06. The molecule has 1 aliphatic rings. The first-order valence-corrected chi connectivity index (χ1v) is 13.1. The molecule has 0 bridgehead atoms. The van der Waals surface area contributed by atoms with Crippen molar-refractivity contribution < 1.29 is 17.5 Å². The highest BCUT2D eigenvalue weighted by Gasteiger charge is 2.33. The molecular formula is C23H18Cl2FNO3S2. The number of sulfone groups is 1. The Morgan fingerprint density at radius 1 is 0.969 bits per heavy atom.